The van der Waals surface area contributed by atoms with E-state index in [0.29, 0.717) is 6.07 Å². The highest BCUT2D eigenvalue weighted by atomic mass is 35.5. The van der Waals surface area contributed by atoms with Crippen LogP contribution in [0, 0.1) is 0 Å². The number of aromatic nitrogens is 2. The van der Waals surface area contributed by atoms with E-state index in [-0.39, 0.29) is 32.4 Å². The van der Waals surface area contributed by atoms with Crippen molar-refractivity contribution < 1.29 is 26.3 Å². The zero-order valence-corrected chi connectivity index (χ0v) is 16.9. The Bertz CT molecular complexity index is 1150. The summed E-state index contributed by atoms with van der Waals surface area (Å²) in [6.07, 6.45) is -4.59. The van der Waals surface area contributed by atoms with Crippen LogP contribution in [-0.4, -0.2) is 18.2 Å². The average Bonchev–Trinajstić information content (AvgIpc) is 2.87. The number of hydrogen-bond donors (Lipinski definition) is 1. The van der Waals surface area contributed by atoms with Gasteiger partial charge >= 0.3 is 6.18 Å². The van der Waals surface area contributed by atoms with Crippen molar-refractivity contribution in [3.05, 3.63) is 64.3 Å². The van der Waals surface area contributed by atoms with Crippen LogP contribution in [-0.2, 0) is 23.2 Å². The average molecular weight is 466 g/mol. The third kappa shape index (κ3) is 4.77. The molecule has 0 unspecified atom stereocenters. The first kappa shape index (κ1) is 21.3. The lowest BCUT2D eigenvalue weighted by atomic mass is 10.2. The van der Waals surface area contributed by atoms with E-state index in [2.05, 4.69) is 9.82 Å². The molecule has 0 aliphatic heterocycles. The van der Waals surface area contributed by atoms with E-state index in [9.17, 15) is 21.6 Å². The van der Waals surface area contributed by atoms with Crippen LogP contribution in [0.15, 0.2) is 53.4 Å². The molecule has 0 saturated heterocycles. The van der Waals surface area contributed by atoms with Gasteiger partial charge in [-0.3, -0.25) is 4.72 Å². The number of halogens is 5. The lowest BCUT2D eigenvalue weighted by Crippen LogP contribution is -2.14. The van der Waals surface area contributed by atoms with Crippen LogP contribution in [0.25, 0.3) is 0 Å². The Morgan fingerprint density at radius 3 is 2.31 bits per heavy atom. The van der Waals surface area contributed by atoms with E-state index in [4.69, 9.17) is 27.9 Å². The van der Waals surface area contributed by atoms with Crippen LogP contribution < -0.4 is 9.46 Å². The molecule has 154 valence electrons. The minimum Gasteiger partial charge on any atom is -0.438 e. The summed E-state index contributed by atoms with van der Waals surface area (Å²) in [6.45, 7) is 0. The van der Waals surface area contributed by atoms with E-state index >= 15 is 0 Å². The van der Waals surface area contributed by atoms with Crippen molar-refractivity contribution in [3.63, 3.8) is 0 Å². The lowest BCUT2D eigenvalue weighted by molar-refractivity contribution is -0.137. The van der Waals surface area contributed by atoms with Gasteiger partial charge in [0.05, 0.1) is 10.5 Å². The van der Waals surface area contributed by atoms with Gasteiger partial charge in [-0.05, 0) is 42.5 Å². The summed E-state index contributed by atoms with van der Waals surface area (Å²) in [6, 6.07) is 9.08. The van der Waals surface area contributed by atoms with Gasteiger partial charge in [0, 0.05) is 12.7 Å². The number of sulfonamides is 1. The molecule has 3 aromatic rings. The Morgan fingerprint density at radius 2 is 1.76 bits per heavy atom. The predicted molar refractivity (Wildman–Crippen MR) is 102 cm³/mol. The van der Waals surface area contributed by atoms with Gasteiger partial charge in [-0.2, -0.15) is 18.3 Å². The molecule has 1 N–H and O–H groups in total. The van der Waals surface area contributed by atoms with E-state index in [1.54, 1.807) is 7.05 Å². The van der Waals surface area contributed by atoms with Crippen LogP contribution in [0.1, 0.15) is 5.56 Å². The highest BCUT2D eigenvalue weighted by molar-refractivity contribution is 7.92. The third-order valence-corrected chi connectivity index (χ3v) is 5.79. The number of ether oxygens (including phenoxy) is 1. The molecule has 0 bridgehead atoms. The van der Waals surface area contributed by atoms with E-state index in [0.717, 1.165) is 12.1 Å². The van der Waals surface area contributed by atoms with Gasteiger partial charge in [0.2, 0.25) is 5.88 Å². The highest BCUT2D eigenvalue weighted by Crippen LogP contribution is 2.35. The van der Waals surface area contributed by atoms with Crippen LogP contribution in [0.3, 0.4) is 0 Å². The summed E-state index contributed by atoms with van der Waals surface area (Å²) in [5.74, 6) is 0.416. The van der Waals surface area contributed by atoms with Gasteiger partial charge < -0.3 is 4.74 Å². The number of rotatable bonds is 5. The smallest absolute Gasteiger partial charge is 0.416 e. The summed E-state index contributed by atoms with van der Waals surface area (Å²) in [7, 11) is -2.55. The van der Waals surface area contributed by atoms with Gasteiger partial charge in [0.15, 0.2) is 5.15 Å². The fraction of sp³-hybridized carbons (Fsp3) is 0.118. The van der Waals surface area contributed by atoms with Gasteiger partial charge in [0.25, 0.3) is 10.0 Å². The van der Waals surface area contributed by atoms with E-state index in [1.165, 1.54) is 35.0 Å². The molecule has 0 fully saturated rings. The maximum Gasteiger partial charge on any atom is 0.416 e. The molecule has 0 saturated carbocycles. The number of hydrogen-bond acceptors (Lipinski definition) is 4. The highest BCUT2D eigenvalue weighted by Gasteiger charge is 2.30. The van der Waals surface area contributed by atoms with Gasteiger partial charge in [-0.1, -0.05) is 29.3 Å². The number of aryl methyl sites for hydroxylation is 1. The molecule has 0 aliphatic carbocycles. The fourth-order valence-corrected chi connectivity index (χ4v) is 3.78. The zero-order chi connectivity index (χ0) is 21.4. The van der Waals surface area contributed by atoms with Gasteiger partial charge in [0.1, 0.15) is 10.8 Å². The standard InChI is InChI=1S/C17H12Cl2F3N3O3S/c1-25-16(14(18)15(19)23-25)28-12-5-7-13(8-6-12)29(26,27)24-11-4-2-3-10(9-11)17(20,21)22/h2-9,24H,1H3. The van der Waals surface area contributed by atoms with Crippen molar-refractivity contribution in [2.45, 2.75) is 11.1 Å². The molecule has 2 aromatic carbocycles. The number of nitrogens with zero attached hydrogens (tertiary/aromatic N) is 2. The Kier molecular flexibility index (Phi) is 5.70. The maximum absolute atomic E-state index is 12.8. The summed E-state index contributed by atoms with van der Waals surface area (Å²) in [4.78, 5) is -0.170. The maximum atomic E-state index is 12.8. The number of benzene rings is 2. The van der Waals surface area contributed by atoms with Gasteiger partial charge in [-0.25, -0.2) is 13.1 Å². The molecule has 6 nitrogen and oxygen atoms in total. The largest absolute Gasteiger partial charge is 0.438 e. The molecule has 0 spiro atoms. The van der Waals surface area contributed by atoms with Crippen molar-refractivity contribution in [2.75, 3.05) is 4.72 Å². The zero-order valence-electron chi connectivity index (χ0n) is 14.5. The monoisotopic (exact) mass is 465 g/mol. The van der Waals surface area contributed by atoms with Crippen molar-refractivity contribution in [1.82, 2.24) is 9.78 Å². The first-order chi connectivity index (χ1) is 13.5. The van der Waals surface area contributed by atoms with Gasteiger partial charge in [-0.15, -0.1) is 0 Å². The minimum atomic E-state index is -4.59. The molecule has 3 rings (SSSR count). The summed E-state index contributed by atoms with van der Waals surface area (Å²) in [5, 5.41) is 4.02. The molecule has 0 radical (unpaired) electrons. The Balaban J connectivity index is 1.80. The van der Waals surface area contributed by atoms with E-state index in [1.807, 2.05) is 0 Å². The Morgan fingerprint density at radius 1 is 1.10 bits per heavy atom. The van der Waals surface area contributed by atoms with Crippen molar-refractivity contribution in [2.24, 2.45) is 7.05 Å². The molecule has 0 amide bonds. The van der Waals surface area contributed by atoms with Crippen molar-refractivity contribution in [1.29, 1.82) is 0 Å². The second kappa shape index (κ2) is 7.77. The molecule has 1 heterocycles. The third-order valence-electron chi connectivity index (χ3n) is 3.69. The molecule has 29 heavy (non-hydrogen) atoms. The van der Waals surface area contributed by atoms with Crippen molar-refractivity contribution >= 4 is 38.9 Å². The SMILES string of the molecule is Cn1nc(Cl)c(Cl)c1Oc1ccc(S(=O)(=O)Nc2cccc(C(F)(F)F)c2)cc1. The Labute approximate surface area is 173 Å². The first-order valence-electron chi connectivity index (χ1n) is 7.83. The van der Waals surface area contributed by atoms with Crippen LogP contribution >= 0.6 is 23.2 Å². The summed E-state index contributed by atoms with van der Waals surface area (Å²) >= 11 is 11.8. The molecule has 1 aromatic heterocycles. The Hall–Kier alpha value is -2.43. The van der Waals surface area contributed by atoms with Crippen LogP contribution in [0.5, 0.6) is 11.6 Å². The normalized spacial score (nSPS) is 12.1. The summed E-state index contributed by atoms with van der Waals surface area (Å²) in [5.41, 5.74) is -1.18. The minimum absolute atomic E-state index is 0.0497. The van der Waals surface area contributed by atoms with E-state index < -0.39 is 21.8 Å². The molecule has 0 aliphatic rings. The first-order valence-corrected chi connectivity index (χ1v) is 10.1. The number of nitrogens with one attached hydrogen (secondary N) is 1. The second-order valence-corrected chi connectivity index (χ2v) is 8.21. The van der Waals surface area contributed by atoms with Crippen LogP contribution in [0.4, 0.5) is 18.9 Å². The predicted octanol–water partition coefficient (Wildman–Crippen LogP) is 5.34. The topological polar surface area (TPSA) is 73.2 Å². The fourth-order valence-electron chi connectivity index (χ4n) is 2.33. The molecular weight excluding hydrogens is 454 g/mol. The number of alkyl halides is 3. The van der Waals surface area contributed by atoms with Crippen LogP contribution in [0.2, 0.25) is 10.2 Å². The molecule has 12 heteroatoms. The number of anilines is 1. The lowest BCUT2D eigenvalue weighted by Gasteiger charge is -2.12. The van der Waals surface area contributed by atoms with Crippen molar-refractivity contribution in [3.8, 4) is 11.6 Å². The molecule has 0 atom stereocenters. The summed E-state index contributed by atoms with van der Waals surface area (Å²) < 4.78 is 72.3. The quantitative estimate of drug-likeness (QED) is 0.551. The molecular formula is C17H12Cl2F3N3O3S. The second-order valence-electron chi connectivity index (χ2n) is 5.79.